The van der Waals surface area contributed by atoms with Gasteiger partial charge >= 0.3 is 5.97 Å². The zero-order valence-electron chi connectivity index (χ0n) is 13.1. The molecule has 1 fully saturated rings. The lowest BCUT2D eigenvalue weighted by Crippen LogP contribution is -2.26. The summed E-state index contributed by atoms with van der Waals surface area (Å²) in [4.78, 5) is 22.2. The van der Waals surface area contributed by atoms with Crippen molar-refractivity contribution in [2.75, 3.05) is 13.7 Å². The summed E-state index contributed by atoms with van der Waals surface area (Å²) in [6, 6.07) is 6.87. The van der Waals surface area contributed by atoms with Crippen molar-refractivity contribution in [3.8, 4) is 17.6 Å². The van der Waals surface area contributed by atoms with E-state index in [1.165, 1.54) is 13.3 Å². The van der Waals surface area contributed by atoms with E-state index in [9.17, 15) is 9.59 Å². The molecule has 0 aromatic heterocycles. The highest BCUT2D eigenvalue weighted by Gasteiger charge is 2.32. The fourth-order valence-corrected chi connectivity index (χ4v) is 2.80. The smallest absolute Gasteiger partial charge is 0.305 e. The second kappa shape index (κ2) is 8.70. The van der Waals surface area contributed by atoms with E-state index in [-0.39, 0.29) is 18.2 Å². The highest BCUT2D eigenvalue weighted by atomic mass is 32.2. The number of nitriles is 1. The lowest BCUT2D eigenvalue weighted by atomic mass is 10.2. The van der Waals surface area contributed by atoms with Crippen LogP contribution in [0.15, 0.2) is 28.4 Å². The Morgan fingerprint density at radius 1 is 1.52 bits per heavy atom. The third-order valence-electron chi connectivity index (χ3n) is 2.97. The van der Waals surface area contributed by atoms with Crippen LogP contribution in [0.1, 0.15) is 12.0 Å². The van der Waals surface area contributed by atoms with E-state index in [1.54, 1.807) is 18.2 Å². The van der Waals surface area contributed by atoms with E-state index >= 15 is 0 Å². The minimum absolute atomic E-state index is 0.0914. The summed E-state index contributed by atoms with van der Waals surface area (Å²) in [5.41, 5.74) is 0.668. The van der Waals surface area contributed by atoms with Crippen LogP contribution < -0.4 is 14.8 Å². The lowest BCUT2D eigenvalue weighted by molar-refractivity contribution is -0.138. The van der Waals surface area contributed by atoms with Gasteiger partial charge in [0.1, 0.15) is 11.3 Å². The molecule has 1 saturated heterocycles. The monoisotopic (exact) mass is 362 g/mol. The number of carboxylic acids is 1. The van der Waals surface area contributed by atoms with Gasteiger partial charge in [-0.2, -0.15) is 10.4 Å². The summed E-state index contributed by atoms with van der Waals surface area (Å²) >= 11 is 1.02. The number of hydrogen-bond acceptors (Lipinski definition) is 8. The first kappa shape index (κ1) is 18.3. The molecule has 1 unspecified atom stereocenters. The van der Waals surface area contributed by atoms with E-state index in [2.05, 4.69) is 15.5 Å². The van der Waals surface area contributed by atoms with E-state index in [4.69, 9.17) is 19.8 Å². The van der Waals surface area contributed by atoms with E-state index in [0.29, 0.717) is 17.1 Å². The summed E-state index contributed by atoms with van der Waals surface area (Å²) in [6.07, 6.45) is 1.17. The average Bonchev–Trinajstić information content (AvgIpc) is 2.92. The first-order chi connectivity index (χ1) is 12.0. The van der Waals surface area contributed by atoms with Crippen molar-refractivity contribution >= 4 is 35.0 Å². The van der Waals surface area contributed by atoms with Crippen molar-refractivity contribution in [2.45, 2.75) is 11.7 Å². The Kier molecular flexibility index (Phi) is 6.36. The molecular weight excluding hydrogens is 348 g/mol. The van der Waals surface area contributed by atoms with Crippen LogP contribution in [0.5, 0.6) is 11.5 Å². The number of rotatable bonds is 7. The Bertz CT molecular complexity index is 772. The molecule has 0 radical (unpaired) electrons. The topological polar surface area (TPSA) is 133 Å². The van der Waals surface area contributed by atoms with Gasteiger partial charge in [0.2, 0.25) is 5.91 Å². The molecule has 2 N–H and O–H groups in total. The molecule has 130 valence electrons. The molecule has 0 aliphatic carbocycles. The number of thioether (sulfide) groups is 1. The summed E-state index contributed by atoms with van der Waals surface area (Å²) in [7, 11) is 1.48. The lowest BCUT2D eigenvalue weighted by Gasteiger charge is -2.08. The molecule has 2 rings (SSSR count). The van der Waals surface area contributed by atoms with E-state index in [0.717, 1.165) is 11.8 Å². The number of carbonyl (C=O) groups excluding carboxylic acids is 1. The normalized spacial score (nSPS) is 18.2. The number of ether oxygens (including phenoxy) is 2. The van der Waals surface area contributed by atoms with E-state index < -0.39 is 17.1 Å². The number of carbonyl (C=O) groups is 2. The van der Waals surface area contributed by atoms with Gasteiger partial charge in [-0.15, -0.1) is 5.10 Å². The molecule has 10 heteroatoms. The SMILES string of the molecule is COc1cc(C=NN=C2NC(=O)C(CC(=O)O)S2)ccc1OCC#N. The molecule has 9 nitrogen and oxygen atoms in total. The molecule has 1 amide bonds. The van der Waals surface area contributed by atoms with Gasteiger partial charge in [-0.05, 0) is 23.8 Å². The number of hydrogen-bond donors (Lipinski definition) is 2. The highest BCUT2D eigenvalue weighted by molar-refractivity contribution is 8.15. The van der Waals surface area contributed by atoms with E-state index in [1.807, 2.05) is 6.07 Å². The average molecular weight is 362 g/mol. The summed E-state index contributed by atoms with van der Waals surface area (Å²) in [6.45, 7) is -0.0914. The van der Waals surface area contributed by atoms with Crippen LogP contribution in [0.4, 0.5) is 0 Å². The quantitative estimate of drug-likeness (QED) is 0.546. The molecule has 1 atom stereocenters. The second-order valence-corrected chi connectivity index (χ2v) is 5.89. The maximum atomic E-state index is 11.6. The number of amides is 1. The van der Waals surface area contributed by atoms with Crippen molar-refractivity contribution in [3.05, 3.63) is 23.8 Å². The summed E-state index contributed by atoms with van der Waals surface area (Å²) < 4.78 is 10.4. The molecule has 1 heterocycles. The third kappa shape index (κ3) is 5.22. The molecule has 0 spiro atoms. The fraction of sp³-hybridized carbons (Fsp3) is 0.267. The predicted octanol–water partition coefficient (Wildman–Crippen LogP) is 0.994. The van der Waals surface area contributed by atoms with Gasteiger partial charge in [0, 0.05) is 0 Å². The number of aliphatic carboxylic acids is 1. The molecule has 1 aliphatic heterocycles. The van der Waals surface area contributed by atoms with Crippen molar-refractivity contribution in [1.82, 2.24) is 5.32 Å². The van der Waals surface area contributed by atoms with Crippen molar-refractivity contribution in [1.29, 1.82) is 5.26 Å². The van der Waals surface area contributed by atoms with Crippen LogP contribution in [-0.4, -0.2) is 47.3 Å². The number of nitrogens with zero attached hydrogens (tertiary/aromatic N) is 3. The molecule has 1 aromatic carbocycles. The van der Waals surface area contributed by atoms with Gasteiger partial charge in [0.05, 0.1) is 19.7 Å². The maximum Gasteiger partial charge on any atom is 0.305 e. The zero-order valence-corrected chi connectivity index (χ0v) is 13.9. The van der Waals surface area contributed by atoms with Crippen LogP contribution in [0.2, 0.25) is 0 Å². The Balaban J connectivity index is 2.03. The van der Waals surface area contributed by atoms with Gasteiger partial charge in [-0.1, -0.05) is 11.8 Å². The number of amidine groups is 1. The predicted molar refractivity (Wildman–Crippen MR) is 90.9 cm³/mol. The fourth-order valence-electron chi connectivity index (χ4n) is 1.89. The Morgan fingerprint density at radius 2 is 2.32 bits per heavy atom. The number of nitrogens with one attached hydrogen (secondary N) is 1. The molecule has 0 bridgehead atoms. The molecular formula is C15H14N4O5S. The van der Waals surface area contributed by atoms with Crippen LogP contribution in [-0.2, 0) is 9.59 Å². The third-order valence-corrected chi connectivity index (χ3v) is 4.04. The first-order valence-corrected chi connectivity index (χ1v) is 7.89. The van der Waals surface area contributed by atoms with Crippen LogP contribution >= 0.6 is 11.8 Å². The minimum atomic E-state index is -1.05. The summed E-state index contributed by atoms with van der Waals surface area (Å²) in [5.74, 6) is -0.579. The Labute approximate surface area is 147 Å². The van der Waals surface area contributed by atoms with Crippen molar-refractivity contribution < 1.29 is 24.2 Å². The highest BCUT2D eigenvalue weighted by Crippen LogP contribution is 2.27. The van der Waals surface area contributed by atoms with Crippen LogP contribution in [0.25, 0.3) is 0 Å². The number of benzene rings is 1. The number of carboxylic acid groups (broad SMARTS) is 1. The van der Waals surface area contributed by atoms with Crippen molar-refractivity contribution in [2.24, 2.45) is 10.2 Å². The number of methoxy groups -OCH3 is 1. The largest absolute Gasteiger partial charge is 0.493 e. The van der Waals surface area contributed by atoms with Crippen molar-refractivity contribution in [3.63, 3.8) is 0 Å². The van der Waals surface area contributed by atoms with Gasteiger partial charge < -0.3 is 19.9 Å². The minimum Gasteiger partial charge on any atom is -0.493 e. The molecule has 0 saturated carbocycles. The summed E-state index contributed by atoms with van der Waals surface area (Å²) in [5, 5.41) is 27.0. The second-order valence-electron chi connectivity index (χ2n) is 4.70. The maximum absolute atomic E-state index is 11.6. The Hall–Kier alpha value is -3.06. The zero-order chi connectivity index (χ0) is 18.2. The molecule has 25 heavy (non-hydrogen) atoms. The van der Waals surface area contributed by atoms with Crippen LogP contribution in [0, 0.1) is 11.3 Å². The Morgan fingerprint density at radius 3 is 3.00 bits per heavy atom. The molecule has 1 aliphatic rings. The molecule has 1 aromatic rings. The van der Waals surface area contributed by atoms with Gasteiger partial charge in [0.25, 0.3) is 0 Å². The first-order valence-electron chi connectivity index (χ1n) is 7.01. The van der Waals surface area contributed by atoms with Gasteiger partial charge in [0.15, 0.2) is 23.3 Å². The van der Waals surface area contributed by atoms with Gasteiger partial charge in [-0.25, -0.2) is 0 Å². The van der Waals surface area contributed by atoms with Crippen LogP contribution in [0.3, 0.4) is 0 Å². The van der Waals surface area contributed by atoms with Gasteiger partial charge in [-0.3, -0.25) is 9.59 Å². The standard InChI is InChI=1S/C15H14N4O5S/c1-23-11-6-9(2-3-10(11)24-5-4-16)8-17-19-15-18-14(22)12(25-15)7-13(20)21/h2-3,6,8,12H,5,7H2,1H3,(H,20,21)(H,18,19,22).